The number of morpholine rings is 1. The summed E-state index contributed by atoms with van der Waals surface area (Å²) in [5.41, 5.74) is 3.16. The molecule has 0 radical (unpaired) electrons. The fourth-order valence-electron chi connectivity index (χ4n) is 2.57. The lowest BCUT2D eigenvalue weighted by Gasteiger charge is -2.30. The first-order chi connectivity index (χ1) is 11.3. The molecule has 2 aromatic heterocycles. The summed E-state index contributed by atoms with van der Waals surface area (Å²) in [5.74, 6) is -0.220. The van der Waals surface area contributed by atoms with Gasteiger partial charge in [-0.15, -0.1) is 0 Å². The van der Waals surface area contributed by atoms with Crippen molar-refractivity contribution in [2.75, 3.05) is 36.5 Å². The average molecular weight is 312 g/mol. The molecule has 1 aliphatic rings. The topological polar surface area (TPSA) is 67.4 Å². The SMILES string of the molecule is CCc1ccnc(C(=O)Nc2cnccc2N2CCOCC2)c1. The van der Waals surface area contributed by atoms with Crippen molar-refractivity contribution in [3.8, 4) is 0 Å². The van der Waals surface area contributed by atoms with Gasteiger partial charge >= 0.3 is 0 Å². The number of carbonyl (C=O) groups excluding carboxylic acids is 1. The molecule has 1 N–H and O–H groups in total. The Morgan fingerprint density at radius 1 is 1.30 bits per heavy atom. The van der Waals surface area contributed by atoms with Gasteiger partial charge < -0.3 is 15.0 Å². The van der Waals surface area contributed by atoms with Gasteiger partial charge in [0.25, 0.3) is 5.91 Å². The van der Waals surface area contributed by atoms with E-state index in [2.05, 4.69) is 27.1 Å². The Hall–Kier alpha value is -2.47. The molecule has 0 aliphatic carbocycles. The highest BCUT2D eigenvalue weighted by molar-refractivity contribution is 6.04. The van der Waals surface area contributed by atoms with Crippen LogP contribution in [0.4, 0.5) is 11.4 Å². The molecule has 1 aliphatic heterocycles. The third-order valence-electron chi connectivity index (χ3n) is 3.86. The first-order valence-electron chi connectivity index (χ1n) is 7.81. The van der Waals surface area contributed by atoms with E-state index in [0.717, 1.165) is 30.8 Å². The van der Waals surface area contributed by atoms with Crippen molar-refractivity contribution in [3.63, 3.8) is 0 Å². The van der Waals surface area contributed by atoms with E-state index in [0.29, 0.717) is 24.6 Å². The Labute approximate surface area is 135 Å². The van der Waals surface area contributed by atoms with E-state index in [1.807, 2.05) is 18.2 Å². The number of aromatic nitrogens is 2. The van der Waals surface area contributed by atoms with E-state index in [1.54, 1.807) is 18.6 Å². The zero-order chi connectivity index (χ0) is 16.1. The number of anilines is 2. The van der Waals surface area contributed by atoms with Crippen LogP contribution >= 0.6 is 0 Å². The first kappa shape index (κ1) is 15.4. The summed E-state index contributed by atoms with van der Waals surface area (Å²) >= 11 is 0. The Bertz CT molecular complexity index is 684. The Morgan fingerprint density at radius 2 is 2.13 bits per heavy atom. The smallest absolute Gasteiger partial charge is 0.274 e. The van der Waals surface area contributed by atoms with E-state index >= 15 is 0 Å². The van der Waals surface area contributed by atoms with Crippen LogP contribution in [0.3, 0.4) is 0 Å². The van der Waals surface area contributed by atoms with Crippen LogP contribution < -0.4 is 10.2 Å². The number of carbonyl (C=O) groups is 1. The highest BCUT2D eigenvalue weighted by Crippen LogP contribution is 2.25. The lowest BCUT2D eigenvalue weighted by molar-refractivity contribution is 0.102. The second-order valence-corrected chi connectivity index (χ2v) is 5.35. The van der Waals surface area contributed by atoms with Gasteiger partial charge in [0, 0.05) is 25.5 Å². The molecule has 0 unspecified atom stereocenters. The Balaban J connectivity index is 1.80. The molecule has 2 aromatic rings. The fourth-order valence-corrected chi connectivity index (χ4v) is 2.57. The van der Waals surface area contributed by atoms with E-state index in [4.69, 9.17) is 4.74 Å². The maximum absolute atomic E-state index is 12.5. The van der Waals surface area contributed by atoms with E-state index in [-0.39, 0.29) is 5.91 Å². The summed E-state index contributed by atoms with van der Waals surface area (Å²) < 4.78 is 5.38. The molecular formula is C17H20N4O2. The molecule has 1 amide bonds. The van der Waals surface area contributed by atoms with Gasteiger partial charge in [-0.25, -0.2) is 0 Å². The molecule has 0 bridgehead atoms. The zero-order valence-electron chi connectivity index (χ0n) is 13.2. The van der Waals surface area contributed by atoms with E-state index in [9.17, 15) is 4.79 Å². The minimum absolute atomic E-state index is 0.220. The highest BCUT2D eigenvalue weighted by Gasteiger charge is 2.17. The number of nitrogens with zero attached hydrogens (tertiary/aromatic N) is 3. The van der Waals surface area contributed by atoms with Gasteiger partial charge in [-0.2, -0.15) is 0 Å². The lowest BCUT2D eigenvalue weighted by Crippen LogP contribution is -2.36. The van der Waals surface area contributed by atoms with Gasteiger partial charge in [-0.3, -0.25) is 14.8 Å². The van der Waals surface area contributed by atoms with Crippen molar-refractivity contribution in [1.29, 1.82) is 0 Å². The summed E-state index contributed by atoms with van der Waals surface area (Å²) in [4.78, 5) is 23.0. The molecule has 0 saturated carbocycles. The first-order valence-corrected chi connectivity index (χ1v) is 7.81. The maximum atomic E-state index is 12.5. The maximum Gasteiger partial charge on any atom is 0.274 e. The van der Waals surface area contributed by atoms with Gasteiger partial charge in [0.1, 0.15) is 5.69 Å². The predicted molar refractivity (Wildman–Crippen MR) is 88.8 cm³/mol. The fraction of sp³-hybridized carbons (Fsp3) is 0.353. The number of aryl methyl sites for hydroxylation is 1. The summed E-state index contributed by atoms with van der Waals surface area (Å²) in [6, 6.07) is 5.65. The molecule has 120 valence electrons. The number of hydrogen-bond donors (Lipinski definition) is 1. The van der Waals surface area contributed by atoms with Crippen LogP contribution in [-0.2, 0) is 11.2 Å². The Morgan fingerprint density at radius 3 is 2.91 bits per heavy atom. The van der Waals surface area contributed by atoms with Crippen molar-refractivity contribution >= 4 is 17.3 Å². The highest BCUT2D eigenvalue weighted by atomic mass is 16.5. The molecule has 3 heterocycles. The van der Waals surface area contributed by atoms with Crippen molar-refractivity contribution in [2.24, 2.45) is 0 Å². The van der Waals surface area contributed by atoms with Crippen molar-refractivity contribution in [2.45, 2.75) is 13.3 Å². The average Bonchev–Trinajstić information content (AvgIpc) is 2.63. The van der Waals surface area contributed by atoms with Crippen LogP contribution in [0.15, 0.2) is 36.8 Å². The largest absolute Gasteiger partial charge is 0.378 e. The van der Waals surface area contributed by atoms with Gasteiger partial charge in [-0.1, -0.05) is 6.92 Å². The molecular weight excluding hydrogens is 292 g/mol. The minimum Gasteiger partial charge on any atom is -0.378 e. The van der Waals surface area contributed by atoms with Crippen LogP contribution in [0.25, 0.3) is 0 Å². The number of hydrogen-bond acceptors (Lipinski definition) is 5. The van der Waals surface area contributed by atoms with Gasteiger partial charge in [0.2, 0.25) is 0 Å². The van der Waals surface area contributed by atoms with Crippen LogP contribution in [0.2, 0.25) is 0 Å². The summed E-state index contributed by atoms with van der Waals surface area (Å²) in [5, 5.41) is 2.93. The third-order valence-corrected chi connectivity index (χ3v) is 3.86. The van der Waals surface area contributed by atoms with E-state index in [1.165, 1.54) is 0 Å². The molecule has 0 atom stereocenters. The van der Waals surface area contributed by atoms with E-state index < -0.39 is 0 Å². The van der Waals surface area contributed by atoms with Gasteiger partial charge in [0.15, 0.2) is 0 Å². The van der Waals surface area contributed by atoms with Gasteiger partial charge in [-0.05, 0) is 30.2 Å². The molecule has 0 spiro atoms. The minimum atomic E-state index is -0.220. The summed E-state index contributed by atoms with van der Waals surface area (Å²) in [6.45, 7) is 5.03. The quantitative estimate of drug-likeness (QED) is 0.937. The monoisotopic (exact) mass is 312 g/mol. The number of pyridine rings is 2. The normalized spacial score (nSPS) is 14.6. The molecule has 6 nitrogen and oxygen atoms in total. The standard InChI is InChI=1S/C17H20N4O2/c1-2-13-3-6-19-14(11-13)17(22)20-15-12-18-5-4-16(15)21-7-9-23-10-8-21/h3-6,11-12H,2,7-10H2,1H3,(H,20,22). The number of nitrogens with one attached hydrogen (secondary N) is 1. The van der Waals surface area contributed by atoms with Crippen LogP contribution in [0.5, 0.6) is 0 Å². The number of amides is 1. The number of ether oxygens (including phenoxy) is 1. The lowest BCUT2D eigenvalue weighted by atomic mass is 10.2. The molecule has 0 aromatic carbocycles. The second-order valence-electron chi connectivity index (χ2n) is 5.35. The molecule has 23 heavy (non-hydrogen) atoms. The molecule has 3 rings (SSSR count). The zero-order valence-corrected chi connectivity index (χ0v) is 13.2. The summed E-state index contributed by atoms with van der Waals surface area (Å²) in [7, 11) is 0. The Kier molecular flexibility index (Phi) is 4.83. The molecule has 1 saturated heterocycles. The number of rotatable bonds is 4. The van der Waals surface area contributed by atoms with Crippen LogP contribution in [0, 0.1) is 0 Å². The third kappa shape index (κ3) is 3.65. The second kappa shape index (κ2) is 7.19. The molecule has 1 fully saturated rings. The van der Waals surface area contributed by atoms with Crippen molar-refractivity contribution in [1.82, 2.24) is 9.97 Å². The molecule has 6 heteroatoms. The van der Waals surface area contributed by atoms with Crippen LogP contribution in [-0.4, -0.2) is 42.2 Å². The summed E-state index contributed by atoms with van der Waals surface area (Å²) in [6.07, 6.45) is 5.94. The van der Waals surface area contributed by atoms with Crippen LogP contribution in [0.1, 0.15) is 23.0 Å². The van der Waals surface area contributed by atoms with Crippen molar-refractivity contribution in [3.05, 3.63) is 48.0 Å². The van der Waals surface area contributed by atoms with Crippen molar-refractivity contribution < 1.29 is 9.53 Å². The predicted octanol–water partition coefficient (Wildman–Crippen LogP) is 2.13. The van der Waals surface area contributed by atoms with Gasteiger partial charge in [0.05, 0.1) is 30.8 Å².